The highest BCUT2D eigenvalue weighted by atomic mass is 79.9. The van der Waals surface area contributed by atoms with Gasteiger partial charge in [-0.05, 0) is 24.3 Å². The number of nitrogens with one attached hydrogen (secondary N) is 1. The van der Waals surface area contributed by atoms with Crippen LogP contribution < -0.4 is 5.32 Å². The zero-order valence-corrected chi connectivity index (χ0v) is 15.2. The van der Waals surface area contributed by atoms with E-state index in [0.717, 1.165) is 37.2 Å². The number of hydrogen-bond donors (Lipinski definition) is 2. The average molecular weight is 388 g/mol. The highest BCUT2D eigenvalue weighted by Crippen LogP contribution is 2.31. The average Bonchev–Trinajstić information content (AvgIpc) is 2.89. The van der Waals surface area contributed by atoms with Gasteiger partial charge >= 0.3 is 0 Å². The van der Waals surface area contributed by atoms with Crippen molar-refractivity contribution in [3.8, 4) is 0 Å². The minimum Gasteiger partial charge on any atom is -0.390 e. The van der Waals surface area contributed by atoms with Gasteiger partial charge in [0.2, 0.25) is 0 Å². The summed E-state index contributed by atoms with van der Waals surface area (Å²) in [5.74, 6) is 0. The summed E-state index contributed by atoms with van der Waals surface area (Å²) in [6.45, 7) is 5.39. The number of aliphatic hydroxyl groups is 1. The number of rotatable bonds is 4. The summed E-state index contributed by atoms with van der Waals surface area (Å²) < 4.78 is 3.34. The summed E-state index contributed by atoms with van der Waals surface area (Å²) in [4.78, 5) is 2.34. The lowest BCUT2D eigenvalue weighted by atomic mass is 10.2. The number of aliphatic hydroxyl groups excluding tert-OH is 1. The first-order valence-corrected chi connectivity index (χ1v) is 9.29. The standard InChI is InChI=1S/C19H22BrN3O/c20-14-5-6-19-17(11-14)16-3-1-2-4-18(16)23(19)13-15(24)12-22-9-7-21-8-10-22/h1-6,11,15,21,24H,7-10,12-13H2/t15-/m0/s1. The third-order valence-electron chi connectivity index (χ3n) is 4.81. The number of piperazine rings is 1. The SMILES string of the molecule is O[C@@H](CN1CCNCC1)Cn1c2ccccc2c2cc(Br)ccc21. The lowest BCUT2D eigenvalue weighted by Crippen LogP contribution is -2.46. The predicted molar refractivity (Wildman–Crippen MR) is 102 cm³/mol. The summed E-state index contributed by atoms with van der Waals surface area (Å²) in [7, 11) is 0. The van der Waals surface area contributed by atoms with Gasteiger partial charge in [0.25, 0.3) is 0 Å². The molecule has 0 radical (unpaired) electrons. The highest BCUT2D eigenvalue weighted by molar-refractivity contribution is 9.10. The maximum absolute atomic E-state index is 10.7. The normalized spacial score (nSPS) is 17.6. The second-order valence-electron chi connectivity index (χ2n) is 6.49. The van der Waals surface area contributed by atoms with Crippen LogP contribution in [0.2, 0.25) is 0 Å². The highest BCUT2D eigenvalue weighted by Gasteiger charge is 2.17. The number of fused-ring (bicyclic) bond motifs is 3. The molecule has 4 rings (SSSR count). The molecule has 3 aromatic rings. The Labute approximate surface area is 150 Å². The van der Waals surface area contributed by atoms with E-state index in [1.54, 1.807) is 0 Å². The molecule has 0 amide bonds. The molecule has 1 aromatic heterocycles. The van der Waals surface area contributed by atoms with Gasteiger partial charge in [0.15, 0.2) is 0 Å². The molecule has 1 aliphatic rings. The molecule has 5 heteroatoms. The molecule has 4 nitrogen and oxygen atoms in total. The van der Waals surface area contributed by atoms with Crippen LogP contribution in [0.15, 0.2) is 46.9 Å². The van der Waals surface area contributed by atoms with Crippen LogP contribution in [-0.2, 0) is 6.54 Å². The molecule has 1 saturated heterocycles. The van der Waals surface area contributed by atoms with Crippen molar-refractivity contribution in [2.75, 3.05) is 32.7 Å². The van der Waals surface area contributed by atoms with Gasteiger partial charge in [0.05, 0.1) is 12.6 Å². The van der Waals surface area contributed by atoms with Gasteiger partial charge in [-0.3, -0.25) is 4.90 Å². The maximum atomic E-state index is 10.7. The molecule has 2 heterocycles. The third-order valence-corrected chi connectivity index (χ3v) is 5.30. The quantitative estimate of drug-likeness (QED) is 0.722. The first-order chi connectivity index (χ1) is 11.7. The Morgan fingerprint density at radius 2 is 1.75 bits per heavy atom. The van der Waals surface area contributed by atoms with Gasteiger partial charge in [-0.25, -0.2) is 0 Å². The summed E-state index contributed by atoms with van der Waals surface area (Å²) in [5, 5.41) is 16.5. The van der Waals surface area contributed by atoms with Crippen molar-refractivity contribution in [2.45, 2.75) is 12.6 Å². The molecule has 2 N–H and O–H groups in total. The van der Waals surface area contributed by atoms with Crippen LogP contribution in [0.4, 0.5) is 0 Å². The minimum atomic E-state index is -0.370. The van der Waals surface area contributed by atoms with Crippen molar-refractivity contribution in [2.24, 2.45) is 0 Å². The van der Waals surface area contributed by atoms with Crippen LogP contribution in [-0.4, -0.2) is 53.4 Å². The number of aromatic nitrogens is 1. The number of para-hydroxylation sites is 1. The molecule has 1 aliphatic heterocycles. The van der Waals surface area contributed by atoms with E-state index in [1.807, 2.05) is 0 Å². The van der Waals surface area contributed by atoms with Gasteiger partial charge in [0, 0.05) is 59.0 Å². The molecule has 1 atom stereocenters. The molecule has 0 spiro atoms. The minimum absolute atomic E-state index is 0.370. The second kappa shape index (κ2) is 6.84. The van der Waals surface area contributed by atoms with Crippen LogP contribution in [0.3, 0.4) is 0 Å². The monoisotopic (exact) mass is 387 g/mol. The molecular formula is C19H22BrN3O. The number of benzene rings is 2. The number of hydrogen-bond acceptors (Lipinski definition) is 3. The Bertz CT molecular complexity index is 854. The summed E-state index contributed by atoms with van der Waals surface area (Å²) in [6.07, 6.45) is -0.370. The lowest BCUT2D eigenvalue weighted by molar-refractivity contribution is 0.0936. The Morgan fingerprint density at radius 1 is 1.00 bits per heavy atom. The van der Waals surface area contributed by atoms with E-state index in [1.165, 1.54) is 21.8 Å². The van der Waals surface area contributed by atoms with Gasteiger partial charge in [-0.1, -0.05) is 34.1 Å². The first kappa shape index (κ1) is 16.1. The van der Waals surface area contributed by atoms with Crippen molar-refractivity contribution >= 4 is 37.7 Å². The Balaban J connectivity index is 1.67. The van der Waals surface area contributed by atoms with Crippen molar-refractivity contribution in [3.63, 3.8) is 0 Å². The van der Waals surface area contributed by atoms with Crippen LogP contribution in [0.5, 0.6) is 0 Å². The summed E-state index contributed by atoms with van der Waals surface area (Å²) in [6, 6.07) is 14.8. The largest absolute Gasteiger partial charge is 0.390 e. The molecule has 0 aliphatic carbocycles. The van der Waals surface area contributed by atoms with Gasteiger partial charge < -0.3 is 15.0 Å². The molecule has 0 saturated carbocycles. The number of β-amino-alcohol motifs (C(OH)–C–C–N with tert-alkyl or cyclic N) is 1. The second-order valence-corrected chi connectivity index (χ2v) is 7.41. The van der Waals surface area contributed by atoms with Crippen LogP contribution >= 0.6 is 15.9 Å². The molecule has 24 heavy (non-hydrogen) atoms. The Kier molecular flexibility index (Phi) is 4.59. The van der Waals surface area contributed by atoms with Crippen LogP contribution in [0.1, 0.15) is 0 Å². The van der Waals surface area contributed by atoms with E-state index in [9.17, 15) is 5.11 Å². The third kappa shape index (κ3) is 3.09. The van der Waals surface area contributed by atoms with E-state index in [-0.39, 0.29) is 6.10 Å². The van der Waals surface area contributed by atoms with E-state index in [4.69, 9.17) is 0 Å². The van der Waals surface area contributed by atoms with Crippen LogP contribution in [0.25, 0.3) is 21.8 Å². The van der Waals surface area contributed by atoms with Gasteiger partial charge in [0.1, 0.15) is 0 Å². The summed E-state index contributed by atoms with van der Waals surface area (Å²) in [5.41, 5.74) is 2.36. The zero-order valence-electron chi connectivity index (χ0n) is 13.6. The Hall–Kier alpha value is -1.40. The fraction of sp³-hybridized carbons (Fsp3) is 0.368. The van der Waals surface area contributed by atoms with Gasteiger partial charge in [-0.2, -0.15) is 0 Å². The zero-order chi connectivity index (χ0) is 16.5. The predicted octanol–water partition coefficient (Wildman–Crippen LogP) is 2.82. The van der Waals surface area contributed by atoms with E-state index < -0.39 is 0 Å². The fourth-order valence-electron chi connectivity index (χ4n) is 3.68. The first-order valence-electron chi connectivity index (χ1n) is 8.50. The van der Waals surface area contributed by atoms with E-state index in [2.05, 4.69) is 73.2 Å². The number of halogens is 1. The van der Waals surface area contributed by atoms with E-state index >= 15 is 0 Å². The van der Waals surface area contributed by atoms with Crippen molar-refractivity contribution < 1.29 is 5.11 Å². The smallest absolute Gasteiger partial charge is 0.0845 e. The van der Waals surface area contributed by atoms with Gasteiger partial charge in [-0.15, -0.1) is 0 Å². The topological polar surface area (TPSA) is 40.4 Å². The molecular weight excluding hydrogens is 366 g/mol. The number of nitrogens with zero attached hydrogens (tertiary/aromatic N) is 2. The Morgan fingerprint density at radius 3 is 2.58 bits per heavy atom. The summed E-state index contributed by atoms with van der Waals surface area (Å²) >= 11 is 3.57. The molecule has 0 bridgehead atoms. The van der Waals surface area contributed by atoms with Crippen molar-refractivity contribution in [3.05, 3.63) is 46.9 Å². The molecule has 2 aromatic carbocycles. The van der Waals surface area contributed by atoms with Crippen molar-refractivity contribution in [1.82, 2.24) is 14.8 Å². The molecule has 1 fully saturated rings. The molecule has 0 unspecified atom stereocenters. The van der Waals surface area contributed by atoms with Crippen LogP contribution in [0, 0.1) is 0 Å². The van der Waals surface area contributed by atoms with Crippen molar-refractivity contribution in [1.29, 1.82) is 0 Å². The molecule has 126 valence electrons. The maximum Gasteiger partial charge on any atom is 0.0845 e. The fourth-order valence-corrected chi connectivity index (χ4v) is 4.04. The lowest BCUT2D eigenvalue weighted by Gasteiger charge is -2.29. The van der Waals surface area contributed by atoms with E-state index in [0.29, 0.717) is 6.54 Å².